The van der Waals surface area contributed by atoms with Gasteiger partial charge in [0, 0.05) is 36.3 Å². The molecule has 7 heteroatoms. The summed E-state index contributed by atoms with van der Waals surface area (Å²) >= 11 is 0. The Bertz CT molecular complexity index is 958. The standard InChI is InChI=1S/C21H20FN5O/c22-17-6-3-14(4-7-17)10-20(28)27-9-1-2-19(27)18-8-5-15(11-24-18)16-12-25-21(23)26-13-16/h3-8,11-13,19H,1-2,9-10H2,(H2,23,25,26)/t19-/m0/s1. The quantitative estimate of drug-likeness (QED) is 0.755. The Morgan fingerprint density at radius 3 is 2.43 bits per heavy atom. The van der Waals surface area contributed by atoms with Crippen LogP contribution in [-0.4, -0.2) is 32.3 Å². The molecular formula is C21H20FN5O. The molecular weight excluding hydrogens is 357 g/mol. The lowest BCUT2D eigenvalue weighted by Crippen LogP contribution is -2.32. The molecule has 1 fully saturated rings. The lowest BCUT2D eigenvalue weighted by Gasteiger charge is -2.24. The Labute approximate surface area is 162 Å². The molecule has 142 valence electrons. The number of likely N-dealkylation sites (tertiary alicyclic amines) is 1. The molecule has 6 nitrogen and oxygen atoms in total. The van der Waals surface area contributed by atoms with Crippen molar-refractivity contribution in [2.75, 3.05) is 12.3 Å². The maximum absolute atomic E-state index is 13.1. The number of aromatic nitrogens is 3. The molecule has 1 aliphatic rings. The van der Waals surface area contributed by atoms with Gasteiger partial charge < -0.3 is 10.6 Å². The van der Waals surface area contributed by atoms with E-state index in [0.717, 1.165) is 35.2 Å². The Kier molecular flexibility index (Phi) is 4.97. The number of nitrogen functional groups attached to an aromatic ring is 1. The molecule has 2 N–H and O–H groups in total. The first-order valence-electron chi connectivity index (χ1n) is 9.18. The van der Waals surface area contributed by atoms with Gasteiger partial charge in [0.25, 0.3) is 0 Å². The summed E-state index contributed by atoms with van der Waals surface area (Å²) in [5, 5.41) is 0. The molecule has 1 atom stereocenters. The molecule has 3 heterocycles. The van der Waals surface area contributed by atoms with E-state index in [-0.39, 0.29) is 30.1 Å². The molecule has 1 aliphatic heterocycles. The molecule has 1 saturated heterocycles. The predicted molar refractivity (Wildman–Crippen MR) is 103 cm³/mol. The van der Waals surface area contributed by atoms with Crippen LogP contribution in [-0.2, 0) is 11.2 Å². The van der Waals surface area contributed by atoms with Crippen molar-refractivity contribution in [3.63, 3.8) is 0 Å². The van der Waals surface area contributed by atoms with Gasteiger partial charge in [0.05, 0.1) is 18.2 Å². The number of nitrogens with zero attached hydrogens (tertiary/aromatic N) is 4. The van der Waals surface area contributed by atoms with Crippen LogP contribution in [0.3, 0.4) is 0 Å². The van der Waals surface area contributed by atoms with Crippen molar-refractivity contribution in [1.82, 2.24) is 19.9 Å². The van der Waals surface area contributed by atoms with Crippen LogP contribution in [0.4, 0.5) is 10.3 Å². The summed E-state index contributed by atoms with van der Waals surface area (Å²) < 4.78 is 13.1. The second kappa shape index (κ2) is 7.72. The SMILES string of the molecule is Nc1ncc(-c2ccc([C@@H]3CCCN3C(=O)Cc3ccc(F)cc3)nc2)cn1. The molecule has 28 heavy (non-hydrogen) atoms. The highest BCUT2D eigenvalue weighted by Gasteiger charge is 2.30. The van der Waals surface area contributed by atoms with Gasteiger partial charge in [-0.3, -0.25) is 9.78 Å². The Morgan fingerprint density at radius 1 is 1.04 bits per heavy atom. The predicted octanol–water partition coefficient (Wildman–Crippen LogP) is 3.17. The molecule has 1 amide bonds. The second-order valence-electron chi connectivity index (χ2n) is 6.85. The molecule has 0 spiro atoms. The molecule has 4 rings (SSSR count). The minimum atomic E-state index is -0.300. The van der Waals surface area contributed by atoms with Crippen molar-refractivity contribution in [3.05, 3.63) is 72.1 Å². The van der Waals surface area contributed by atoms with Gasteiger partial charge in [-0.2, -0.15) is 0 Å². The van der Waals surface area contributed by atoms with Crippen LogP contribution in [0.25, 0.3) is 11.1 Å². The second-order valence-corrected chi connectivity index (χ2v) is 6.85. The van der Waals surface area contributed by atoms with Gasteiger partial charge in [-0.15, -0.1) is 0 Å². The van der Waals surface area contributed by atoms with Crippen LogP contribution >= 0.6 is 0 Å². The summed E-state index contributed by atoms with van der Waals surface area (Å²) in [6.07, 6.45) is 7.17. The van der Waals surface area contributed by atoms with Crippen LogP contribution in [0, 0.1) is 5.82 Å². The van der Waals surface area contributed by atoms with Crippen molar-refractivity contribution in [1.29, 1.82) is 0 Å². The molecule has 0 bridgehead atoms. The van der Waals surface area contributed by atoms with E-state index >= 15 is 0 Å². The molecule has 2 aromatic heterocycles. The van der Waals surface area contributed by atoms with E-state index in [9.17, 15) is 9.18 Å². The van der Waals surface area contributed by atoms with Crippen LogP contribution in [0.15, 0.2) is 55.0 Å². The first-order chi connectivity index (χ1) is 13.6. The third kappa shape index (κ3) is 3.83. The molecule has 3 aromatic rings. The number of rotatable bonds is 4. The highest BCUT2D eigenvalue weighted by Crippen LogP contribution is 2.32. The van der Waals surface area contributed by atoms with Crippen LogP contribution in [0.1, 0.15) is 30.1 Å². The minimum absolute atomic E-state index is 0.0342. The fourth-order valence-electron chi connectivity index (χ4n) is 3.51. The zero-order valence-electron chi connectivity index (χ0n) is 15.3. The maximum Gasteiger partial charge on any atom is 0.227 e. The number of carbonyl (C=O) groups is 1. The summed E-state index contributed by atoms with van der Waals surface area (Å²) in [7, 11) is 0. The van der Waals surface area contributed by atoms with Gasteiger partial charge >= 0.3 is 0 Å². The summed E-state index contributed by atoms with van der Waals surface area (Å²) in [6, 6.07) is 9.93. The van der Waals surface area contributed by atoms with E-state index < -0.39 is 0 Å². The van der Waals surface area contributed by atoms with Crippen molar-refractivity contribution in [3.8, 4) is 11.1 Å². The number of hydrogen-bond acceptors (Lipinski definition) is 5. The first-order valence-corrected chi connectivity index (χ1v) is 9.18. The van der Waals surface area contributed by atoms with Crippen molar-refractivity contribution >= 4 is 11.9 Å². The Hall–Kier alpha value is -3.35. The number of hydrogen-bond donors (Lipinski definition) is 1. The average Bonchev–Trinajstić information content (AvgIpc) is 3.20. The molecule has 0 aliphatic carbocycles. The normalized spacial score (nSPS) is 16.3. The van der Waals surface area contributed by atoms with E-state index in [0.29, 0.717) is 6.54 Å². The monoisotopic (exact) mass is 377 g/mol. The Balaban J connectivity index is 1.49. The van der Waals surface area contributed by atoms with Gasteiger partial charge in [-0.1, -0.05) is 18.2 Å². The molecule has 0 radical (unpaired) electrons. The van der Waals surface area contributed by atoms with Crippen molar-refractivity contribution in [2.24, 2.45) is 0 Å². The lowest BCUT2D eigenvalue weighted by molar-refractivity contribution is -0.131. The van der Waals surface area contributed by atoms with Gasteiger partial charge in [0.1, 0.15) is 5.82 Å². The van der Waals surface area contributed by atoms with Gasteiger partial charge in [-0.05, 0) is 36.6 Å². The van der Waals surface area contributed by atoms with E-state index in [1.54, 1.807) is 30.7 Å². The maximum atomic E-state index is 13.1. The first kappa shape index (κ1) is 18.0. The molecule has 1 aromatic carbocycles. The smallest absolute Gasteiger partial charge is 0.227 e. The number of nitrogens with two attached hydrogens (primary N) is 1. The number of anilines is 1. The number of pyridine rings is 1. The largest absolute Gasteiger partial charge is 0.368 e. The summed E-state index contributed by atoms with van der Waals surface area (Å²) in [5.41, 5.74) is 8.93. The fraction of sp³-hybridized carbons (Fsp3) is 0.238. The Morgan fingerprint density at radius 2 is 1.75 bits per heavy atom. The summed E-state index contributed by atoms with van der Waals surface area (Å²) in [4.78, 5) is 27.2. The zero-order chi connectivity index (χ0) is 19.5. The topological polar surface area (TPSA) is 85.0 Å². The lowest BCUT2D eigenvalue weighted by atomic mass is 10.1. The van der Waals surface area contributed by atoms with Crippen LogP contribution in [0.2, 0.25) is 0 Å². The van der Waals surface area contributed by atoms with E-state index in [1.165, 1.54) is 12.1 Å². The number of benzene rings is 1. The number of amides is 1. The van der Waals surface area contributed by atoms with E-state index in [4.69, 9.17) is 5.73 Å². The minimum Gasteiger partial charge on any atom is -0.368 e. The zero-order valence-corrected chi connectivity index (χ0v) is 15.3. The van der Waals surface area contributed by atoms with E-state index in [1.807, 2.05) is 17.0 Å². The summed E-state index contributed by atoms with van der Waals surface area (Å²) in [5.74, 6) is -0.0347. The number of carbonyl (C=O) groups excluding carboxylic acids is 1. The van der Waals surface area contributed by atoms with Gasteiger partial charge in [-0.25, -0.2) is 14.4 Å². The fourth-order valence-corrected chi connectivity index (χ4v) is 3.51. The van der Waals surface area contributed by atoms with Crippen molar-refractivity contribution < 1.29 is 9.18 Å². The third-order valence-electron chi connectivity index (χ3n) is 4.97. The van der Waals surface area contributed by atoms with E-state index in [2.05, 4.69) is 15.0 Å². The highest BCUT2D eigenvalue weighted by atomic mass is 19.1. The van der Waals surface area contributed by atoms with Crippen LogP contribution < -0.4 is 5.73 Å². The third-order valence-corrected chi connectivity index (χ3v) is 4.97. The number of halogens is 1. The van der Waals surface area contributed by atoms with Gasteiger partial charge in [0.2, 0.25) is 11.9 Å². The molecule has 0 saturated carbocycles. The highest BCUT2D eigenvalue weighted by molar-refractivity contribution is 5.79. The molecule has 0 unspecified atom stereocenters. The van der Waals surface area contributed by atoms with Crippen LogP contribution in [0.5, 0.6) is 0 Å². The summed E-state index contributed by atoms with van der Waals surface area (Å²) in [6.45, 7) is 0.708. The van der Waals surface area contributed by atoms with Crippen molar-refractivity contribution in [2.45, 2.75) is 25.3 Å². The average molecular weight is 377 g/mol. The van der Waals surface area contributed by atoms with Gasteiger partial charge in [0.15, 0.2) is 0 Å².